The summed E-state index contributed by atoms with van der Waals surface area (Å²) >= 11 is 0. The van der Waals surface area contributed by atoms with Crippen molar-refractivity contribution in [3.8, 4) is 0 Å². The van der Waals surface area contributed by atoms with E-state index in [0.717, 1.165) is 0 Å². The summed E-state index contributed by atoms with van der Waals surface area (Å²) in [5, 5.41) is 4.30. The van der Waals surface area contributed by atoms with E-state index in [2.05, 4.69) is 127 Å². The number of hydrogen-bond donors (Lipinski definition) is 0. The van der Waals surface area contributed by atoms with Crippen molar-refractivity contribution < 1.29 is 0 Å². The Morgan fingerprint density at radius 1 is 0.483 bits per heavy atom. The molecule has 1 heterocycles. The molecule has 0 aliphatic carbocycles. The van der Waals surface area contributed by atoms with Crippen LogP contribution in [0.2, 0.25) is 0 Å². The third-order valence-corrected chi connectivity index (χ3v) is 7.74. The van der Waals surface area contributed by atoms with Crippen LogP contribution in [0.15, 0.2) is 133 Å². The predicted molar refractivity (Wildman–Crippen MR) is 126 cm³/mol. The fraction of sp³-hybridized carbons (Fsp3) is 0. The fourth-order valence-electron chi connectivity index (χ4n) is 3.85. The minimum Gasteiger partial charge on any atom is -0.0622 e. The van der Waals surface area contributed by atoms with Crippen molar-refractivity contribution in [2.24, 2.45) is 0 Å². The molecule has 4 aromatic carbocycles. The van der Waals surface area contributed by atoms with Gasteiger partial charge in [0.1, 0.15) is 0 Å². The van der Waals surface area contributed by atoms with Gasteiger partial charge in [-0.05, 0) is 52.2 Å². The molecule has 4 aromatic rings. The van der Waals surface area contributed by atoms with Crippen LogP contribution in [0.1, 0.15) is 16.7 Å². The highest BCUT2D eigenvalue weighted by molar-refractivity contribution is 7.81. The topological polar surface area (TPSA) is 0 Å². The molecule has 1 unspecified atom stereocenters. The number of rotatable bonds is 4. The molecule has 0 nitrogen and oxygen atoms in total. The zero-order valence-corrected chi connectivity index (χ0v) is 17.0. The highest BCUT2D eigenvalue weighted by atomic mass is 31.1. The van der Waals surface area contributed by atoms with E-state index in [4.69, 9.17) is 0 Å². The smallest absolute Gasteiger partial charge is 0.00275 e. The maximum absolute atomic E-state index is 2.41. The van der Waals surface area contributed by atoms with Gasteiger partial charge in [0, 0.05) is 0 Å². The second-order valence-corrected chi connectivity index (χ2v) is 9.21. The first-order valence-corrected chi connectivity index (χ1v) is 11.2. The maximum atomic E-state index is 2.41. The van der Waals surface area contributed by atoms with E-state index in [0.29, 0.717) is 0 Å². The molecular weight excluding hydrogens is 367 g/mol. The van der Waals surface area contributed by atoms with Crippen molar-refractivity contribution in [1.82, 2.24) is 0 Å². The van der Waals surface area contributed by atoms with E-state index in [1.807, 2.05) is 0 Å². The summed E-state index contributed by atoms with van der Waals surface area (Å²) < 4.78 is 0. The first-order chi connectivity index (χ1) is 14.4. The second kappa shape index (κ2) is 8.03. The van der Waals surface area contributed by atoms with Crippen LogP contribution in [0, 0.1) is 0 Å². The van der Waals surface area contributed by atoms with Gasteiger partial charge in [0.05, 0.1) is 0 Å². The summed E-state index contributed by atoms with van der Waals surface area (Å²) in [7, 11) is -0.542. The zero-order chi connectivity index (χ0) is 19.5. The SMILES string of the molecule is C1=C(c2ccccc2)P(c2ccccc2)C1=C(c1ccccc1)c1ccccc1. The van der Waals surface area contributed by atoms with Crippen molar-refractivity contribution in [2.75, 3.05) is 0 Å². The fourth-order valence-corrected chi connectivity index (χ4v) is 6.34. The normalized spacial score (nSPS) is 15.4. The van der Waals surface area contributed by atoms with Crippen molar-refractivity contribution in [3.63, 3.8) is 0 Å². The second-order valence-electron chi connectivity index (χ2n) is 7.06. The Hall–Kier alpha value is -3.21. The van der Waals surface area contributed by atoms with Crippen LogP contribution in [-0.2, 0) is 0 Å². The molecule has 0 amide bonds. The van der Waals surface area contributed by atoms with Crippen molar-refractivity contribution in [1.29, 1.82) is 0 Å². The Kier molecular flexibility index (Phi) is 4.95. The van der Waals surface area contributed by atoms with Gasteiger partial charge in [0.25, 0.3) is 0 Å². The lowest BCUT2D eigenvalue weighted by Gasteiger charge is -2.34. The van der Waals surface area contributed by atoms with Gasteiger partial charge in [0.2, 0.25) is 0 Å². The minimum atomic E-state index is -0.542. The van der Waals surface area contributed by atoms with Crippen LogP contribution in [0.5, 0.6) is 0 Å². The predicted octanol–water partition coefficient (Wildman–Crippen LogP) is 7.31. The van der Waals surface area contributed by atoms with Crippen LogP contribution in [-0.4, -0.2) is 0 Å². The van der Waals surface area contributed by atoms with E-state index in [-0.39, 0.29) is 0 Å². The van der Waals surface area contributed by atoms with Gasteiger partial charge in [-0.25, -0.2) is 0 Å². The van der Waals surface area contributed by atoms with E-state index in [1.165, 1.54) is 38.2 Å². The minimum absolute atomic E-state index is 0.542. The van der Waals surface area contributed by atoms with Crippen LogP contribution in [0.4, 0.5) is 0 Å². The lowest BCUT2D eigenvalue weighted by atomic mass is 9.97. The quantitative estimate of drug-likeness (QED) is 0.322. The molecule has 1 heteroatoms. The molecule has 0 N–H and O–H groups in total. The molecule has 0 fully saturated rings. The number of allylic oxidation sites excluding steroid dienone is 2. The Labute approximate surface area is 173 Å². The molecule has 5 rings (SSSR count). The molecule has 138 valence electrons. The number of benzene rings is 4. The lowest BCUT2D eigenvalue weighted by Crippen LogP contribution is -2.11. The van der Waals surface area contributed by atoms with Gasteiger partial charge >= 0.3 is 0 Å². The van der Waals surface area contributed by atoms with E-state index < -0.39 is 7.92 Å². The lowest BCUT2D eigenvalue weighted by molar-refractivity contribution is 1.53. The van der Waals surface area contributed by atoms with Crippen molar-refractivity contribution in [3.05, 3.63) is 149 Å². The Morgan fingerprint density at radius 2 is 0.931 bits per heavy atom. The van der Waals surface area contributed by atoms with Crippen molar-refractivity contribution >= 4 is 24.1 Å². The number of hydrogen-bond acceptors (Lipinski definition) is 0. The third-order valence-electron chi connectivity index (χ3n) is 5.22. The van der Waals surface area contributed by atoms with Gasteiger partial charge < -0.3 is 0 Å². The average Bonchev–Trinajstić information content (AvgIpc) is 2.79. The summed E-state index contributed by atoms with van der Waals surface area (Å²) in [4.78, 5) is 0. The van der Waals surface area contributed by atoms with E-state index >= 15 is 0 Å². The first-order valence-electron chi connectivity index (χ1n) is 9.89. The van der Waals surface area contributed by atoms with Gasteiger partial charge in [-0.1, -0.05) is 121 Å². The molecule has 0 bridgehead atoms. The zero-order valence-electron chi connectivity index (χ0n) is 16.1. The standard InChI is InChI=1S/C28H21P/c1-5-13-22(14-6-1)26-21-27(29(26)25-19-11-4-12-20-25)28(23-15-7-2-8-16-23)24-17-9-3-10-18-24/h1-21H. The van der Waals surface area contributed by atoms with Crippen LogP contribution < -0.4 is 5.30 Å². The van der Waals surface area contributed by atoms with E-state index in [9.17, 15) is 0 Å². The van der Waals surface area contributed by atoms with Crippen molar-refractivity contribution in [2.45, 2.75) is 0 Å². The molecular formula is C28H21P. The Balaban J connectivity index is 1.75. The molecule has 0 saturated heterocycles. The van der Waals surface area contributed by atoms with Gasteiger partial charge in [-0.3, -0.25) is 0 Å². The molecule has 0 radical (unpaired) electrons. The maximum Gasteiger partial charge on any atom is -0.00275 e. The molecule has 0 aromatic heterocycles. The van der Waals surface area contributed by atoms with Crippen LogP contribution >= 0.6 is 7.92 Å². The van der Waals surface area contributed by atoms with Crippen LogP contribution in [0.25, 0.3) is 10.9 Å². The molecule has 1 aliphatic heterocycles. The van der Waals surface area contributed by atoms with Gasteiger partial charge in [0.15, 0.2) is 0 Å². The van der Waals surface area contributed by atoms with E-state index in [1.54, 1.807) is 0 Å². The molecule has 0 spiro atoms. The Bertz CT molecular complexity index is 1120. The monoisotopic (exact) mass is 388 g/mol. The Morgan fingerprint density at radius 3 is 1.45 bits per heavy atom. The molecule has 0 saturated carbocycles. The molecule has 29 heavy (non-hydrogen) atoms. The molecule has 1 aliphatic rings. The summed E-state index contributed by atoms with van der Waals surface area (Å²) in [6, 6.07) is 43.3. The largest absolute Gasteiger partial charge is 0.0622 e. The highest BCUT2D eigenvalue weighted by Crippen LogP contribution is 2.67. The van der Waals surface area contributed by atoms with Gasteiger partial charge in [-0.15, -0.1) is 0 Å². The summed E-state index contributed by atoms with van der Waals surface area (Å²) in [5.41, 5.74) is 5.23. The average molecular weight is 388 g/mol. The van der Waals surface area contributed by atoms with Gasteiger partial charge in [-0.2, -0.15) is 0 Å². The summed E-state index contributed by atoms with van der Waals surface area (Å²) in [6.07, 6.45) is 2.41. The van der Waals surface area contributed by atoms with Crippen LogP contribution in [0.3, 0.4) is 0 Å². The third kappa shape index (κ3) is 3.48. The first kappa shape index (κ1) is 17.9. The summed E-state index contributed by atoms with van der Waals surface area (Å²) in [5.74, 6) is 0. The highest BCUT2D eigenvalue weighted by Gasteiger charge is 2.32. The summed E-state index contributed by atoms with van der Waals surface area (Å²) in [6.45, 7) is 0. The molecule has 1 atom stereocenters.